The molecule has 1 aromatic carbocycles. The van der Waals surface area contributed by atoms with Gasteiger partial charge in [0.25, 0.3) is 11.8 Å². The number of anilines is 1. The molecule has 1 fully saturated rings. The lowest BCUT2D eigenvalue weighted by Crippen LogP contribution is -2.54. The van der Waals surface area contributed by atoms with E-state index in [9.17, 15) is 23.9 Å². The van der Waals surface area contributed by atoms with Gasteiger partial charge in [0, 0.05) is 29.4 Å². The molecule has 3 aromatic rings. The summed E-state index contributed by atoms with van der Waals surface area (Å²) in [4.78, 5) is 46.1. The molecule has 0 unspecified atom stereocenters. The number of carbonyl (C=O) groups excluding carboxylic acids is 3. The molecule has 0 bridgehead atoms. The number of nitrogen functional groups attached to an aromatic ring is 1. The van der Waals surface area contributed by atoms with Crippen molar-refractivity contribution in [3.8, 4) is 5.75 Å². The molecule has 3 heterocycles. The van der Waals surface area contributed by atoms with E-state index >= 15 is 0 Å². The molecule has 4 rings (SSSR count). The molecule has 1 aliphatic rings. The van der Waals surface area contributed by atoms with E-state index in [4.69, 9.17) is 5.73 Å². The Labute approximate surface area is 212 Å². The highest BCUT2D eigenvalue weighted by molar-refractivity contribution is 6.11. The molecule has 0 saturated carbocycles. The maximum atomic E-state index is 14.4. The van der Waals surface area contributed by atoms with Crippen molar-refractivity contribution >= 4 is 23.4 Å². The molecule has 2 amide bonds. The minimum absolute atomic E-state index is 0.0101. The van der Waals surface area contributed by atoms with E-state index in [2.05, 4.69) is 25.9 Å². The lowest BCUT2D eigenvalue weighted by molar-refractivity contribution is 0.0882. The lowest BCUT2D eigenvalue weighted by atomic mass is 10.00. The summed E-state index contributed by atoms with van der Waals surface area (Å²) >= 11 is 0. The number of ketones is 1. The minimum atomic E-state index is -0.892. The van der Waals surface area contributed by atoms with Gasteiger partial charge in [-0.15, -0.1) is 0 Å². The number of aryl methyl sites for hydroxylation is 1. The molecule has 0 aliphatic carbocycles. The second-order valence-corrected chi connectivity index (χ2v) is 8.80. The highest BCUT2D eigenvalue weighted by Gasteiger charge is 2.28. The molecule has 37 heavy (non-hydrogen) atoms. The molecule has 10 nitrogen and oxygen atoms in total. The Morgan fingerprint density at radius 2 is 1.70 bits per heavy atom. The van der Waals surface area contributed by atoms with Crippen molar-refractivity contribution in [1.82, 2.24) is 25.9 Å². The summed E-state index contributed by atoms with van der Waals surface area (Å²) < 4.78 is 14.4. The fraction of sp³-hybridized carbons (Fsp3) is 0.269. The number of rotatable bonds is 6. The third kappa shape index (κ3) is 5.89. The molecule has 0 spiro atoms. The molecule has 0 radical (unpaired) electrons. The molecule has 1 aliphatic heterocycles. The van der Waals surface area contributed by atoms with Gasteiger partial charge in [-0.1, -0.05) is 12.1 Å². The fourth-order valence-corrected chi connectivity index (χ4v) is 4.17. The van der Waals surface area contributed by atoms with Crippen LogP contribution in [0.5, 0.6) is 5.75 Å². The number of pyridine rings is 2. The van der Waals surface area contributed by atoms with Crippen LogP contribution in [0, 0.1) is 12.7 Å². The maximum absolute atomic E-state index is 14.4. The zero-order valence-electron chi connectivity index (χ0n) is 20.1. The predicted molar refractivity (Wildman–Crippen MR) is 134 cm³/mol. The number of halogens is 1. The monoisotopic (exact) mass is 506 g/mol. The fourth-order valence-electron chi connectivity index (χ4n) is 4.17. The van der Waals surface area contributed by atoms with Gasteiger partial charge < -0.3 is 26.8 Å². The predicted octanol–water partition coefficient (Wildman–Crippen LogP) is 1.72. The second-order valence-electron chi connectivity index (χ2n) is 8.80. The van der Waals surface area contributed by atoms with Gasteiger partial charge >= 0.3 is 0 Å². The number of carbonyl (C=O) groups is 3. The van der Waals surface area contributed by atoms with Gasteiger partial charge in [-0.2, -0.15) is 0 Å². The van der Waals surface area contributed by atoms with E-state index in [1.807, 2.05) is 0 Å². The summed E-state index contributed by atoms with van der Waals surface area (Å²) in [7, 11) is 0. The summed E-state index contributed by atoms with van der Waals surface area (Å²) in [6.45, 7) is 2.60. The number of benzene rings is 1. The number of aromatic hydroxyl groups is 1. The minimum Gasteiger partial charge on any atom is -0.505 e. The average molecular weight is 507 g/mol. The van der Waals surface area contributed by atoms with Crippen molar-refractivity contribution in [3.05, 3.63) is 82.6 Å². The average Bonchev–Trinajstić information content (AvgIpc) is 3.11. The Kier molecular flexibility index (Phi) is 7.73. The highest BCUT2D eigenvalue weighted by atomic mass is 19.1. The van der Waals surface area contributed by atoms with Crippen LogP contribution in [0.2, 0.25) is 0 Å². The number of nitrogens with zero attached hydrogens (tertiary/aromatic N) is 2. The zero-order valence-corrected chi connectivity index (χ0v) is 20.1. The first-order valence-electron chi connectivity index (χ1n) is 11.8. The van der Waals surface area contributed by atoms with Crippen molar-refractivity contribution < 1.29 is 23.9 Å². The number of hydrogen-bond acceptors (Lipinski definition) is 8. The Hall–Kier alpha value is -4.38. The van der Waals surface area contributed by atoms with Crippen molar-refractivity contribution in [2.24, 2.45) is 0 Å². The first kappa shape index (κ1) is 25.7. The number of amides is 2. The summed E-state index contributed by atoms with van der Waals surface area (Å²) in [6.07, 6.45) is 3.91. The van der Waals surface area contributed by atoms with E-state index in [-0.39, 0.29) is 46.5 Å². The van der Waals surface area contributed by atoms with Crippen LogP contribution in [0.1, 0.15) is 55.2 Å². The van der Waals surface area contributed by atoms with Crippen molar-refractivity contribution in [3.63, 3.8) is 0 Å². The standard InChI is InChI=1S/C26H27FN6O4/c1-14-23(27)22(20(34)13-31-14)24(35)15-4-6-16(7-5-15)25(36)32-18-3-2-9-29-12-19(18)33-26(37)17-8-10-30-21(28)11-17/h4-8,10-11,13,18-19,29,34H,2-3,9,12H2,1H3,(H2,28,30)(H,32,36)(H,33,37)/t18-,19-/m1/s1. The van der Waals surface area contributed by atoms with Crippen molar-refractivity contribution in [2.75, 3.05) is 18.8 Å². The highest BCUT2D eigenvalue weighted by Crippen LogP contribution is 2.24. The summed E-state index contributed by atoms with van der Waals surface area (Å²) in [5, 5.41) is 19.1. The second kappa shape index (κ2) is 11.1. The van der Waals surface area contributed by atoms with Crippen LogP contribution in [0.15, 0.2) is 48.8 Å². The molecule has 2 atom stereocenters. The lowest BCUT2D eigenvalue weighted by Gasteiger charge is -2.27. The van der Waals surface area contributed by atoms with Crippen LogP contribution in [-0.4, -0.2) is 57.8 Å². The normalized spacial score (nSPS) is 17.5. The number of nitrogens with two attached hydrogens (primary N) is 1. The summed E-state index contributed by atoms with van der Waals surface area (Å²) in [5.41, 5.74) is 5.97. The quantitative estimate of drug-likeness (QED) is 0.316. The number of aromatic nitrogens is 2. The van der Waals surface area contributed by atoms with Gasteiger partial charge in [0.1, 0.15) is 17.1 Å². The third-order valence-electron chi connectivity index (χ3n) is 6.20. The van der Waals surface area contributed by atoms with Gasteiger partial charge in [-0.3, -0.25) is 19.4 Å². The molecule has 2 aromatic heterocycles. The van der Waals surface area contributed by atoms with Gasteiger partial charge in [0.05, 0.1) is 24.0 Å². The molecule has 11 heteroatoms. The van der Waals surface area contributed by atoms with E-state index in [1.54, 1.807) is 6.07 Å². The Balaban J connectivity index is 1.46. The molecule has 1 saturated heterocycles. The van der Waals surface area contributed by atoms with Crippen LogP contribution < -0.4 is 21.7 Å². The van der Waals surface area contributed by atoms with Crippen LogP contribution in [0.4, 0.5) is 10.2 Å². The van der Waals surface area contributed by atoms with Gasteiger partial charge in [0.2, 0.25) is 0 Å². The van der Waals surface area contributed by atoms with Crippen LogP contribution in [0.25, 0.3) is 0 Å². The molecular weight excluding hydrogens is 479 g/mol. The van der Waals surface area contributed by atoms with E-state index in [0.29, 0.717) is 18.5 Å². The molecule has 192 valence electrons. The summed E-state index contributed by atoms with van der Waals surface area (Å²) in [6, 6.07) is 8.01. The van der Waals surface area contributed by atoms with Crippen LogP contribution in [-0.2, 0) is 0 Å². The van der Waals surface area contributed by atoms with Crippen LogP contribution in [0.3, 0.4) is 0 Å². The van der Waals surface area contributed by atoms with Crippen LogP contribution >= 0.6 is 0 Å². The Morgan fingerprint density at radius 3 is 2.43 bits per heavy atom. The van der Waals surface area contributed by atoms with Gasteiger partial charge in [0.15, 0.2) is 11.6 Å². The topological polar surface area (TPSA) is 159 Å². The van der Waals surface area contributed by atoms with Gasteiger partial charge in [-0.05, 0) is 50.6 Å². The largest absolute Gasteiger partial charge is 0.505 e. The molecular formula is C26H27FN6O4. The third-order valence-corrected chi connectivity index (χ3v) is 6.20. The van der Waals surface area contributed by atoms with E-state index in [1.165, 1.54) is 43.5 Å². The number of nitrogens with one attached hydrogen (secondary N) is 3. The Morgan fingerprint density at radius 1 is 1.03 bits per heavy atom. The van der Waals surface area contributed by atoms with E-state index in [0.717, 1.165) is 19.2 Å². The van der Waals surface area contributed by atoms with Gasteiger partial charge in [-0.25, -0.2) is 9.37 Å². The number of hydrogen-bond donors (Lipinski definition) is 5. The summed E-state index contributed by atoms with van der Waals surface area (Å²) in [5.74, 6) is -2.65. The smallest absolute Gasteiger partial charge is 0.251 e. The zero-order chi connectivity index (χ0) is 26.5. The molecule has 6 N–H and O–H groups in total. The first-order valence-corrected chi connectivity index (χ1v) is 11.8. The maximum Gasteiger partial charge on any atom is 0.251 e. The Bertz CT molecular complexity index is 1330. The first-order chi connectivity index (χ1) is 17.7. The van der Waals surface area contributed by atoms with E-state index < -0.39 is 22.9 Å². The van der Waals surface area contributed by atoms with Crippen molar-refractivity contribution in [1.29, 1.82) is 0 Å². The van der Waals surface area contributed by atoms with Crippen molar-refractivity contribution in [2.45, 2.75) is 31.8 Å². The SMILES string of the molecule is Cc1ncc(O)c(C(=O)c2ccc(C(=O)N[C@@H]3CCCNC[C@H]3NC(=O)c3ccnc(N)c3)cc2)c1F.